The number of aryl methyl sites for hydroxylation is 2. The predicted octanol–water partition coefficient (Wildman–Crippen LogP) is 2.37. The molecule has 0 saturated heterocycles. The molecule has 2 aromatic rings. The van der Waals surface area contributed by atoms with E-state index in [1.165, 1.54) is 12.1 Å². The Bertz CT molecular complexity index is 554. The third-order valence-corrected chi connectivity index (χ3v) is 3.05. The first kappa shape index (κ1) is 12.4. The number of aromatic nitrogens is 2. The molecule has 3 N–H and O–H groups in total. The molecule has 18 heavy (non-hydrogen) atoms. The Morgan fingerprint density at radius 1 is 1.33 bits per heavy atom. The molecule has 5 heteroatoms. The predicted molar refractivity (Wildman–Crippen MR) is 70.8 cm³/mol. The normalized spacial score (nSPS) is 10.7. The number of nitrogens with zero attached hydrogens (tertiary/aromatic N) is 2. The van der Waals surface area contributed by atoms with Crippen LogP contribution in [0.3, 0.4) is 0 Å². The number of halogens is 1. The number of nitrogen functional groups attached to an aromatic ring is 1. The van der Waals surface area contributed by atoms with Gasteiger partial charge in [-0.15, -0.1) is 0 Å². The number of nitrogens with two attached hydrogens (primary N) is 1. The molecule has 96 valence electrons. The number of hydrogen-bond acceptors (Lipinski definition) is 3. The van der Waals surface area contributed by atoms with Gasteiger partial charge in [0.1, 0.15) is 5.82 Å². The molecule has 0 radical (unpaired) electrons. The minimum atomic E-state index is -0.336. The first-order valence-electron chi connectivity index (χ1n) is 5.76. The van der Waals surface area contributed by atoms with Gasteiger partial charge in [0, 0.05) is 36.2 Å². The van der Waals surface area contributed by atoms with Gasteiger partial charge in [-0.1, -0.05) is 0 Å². The highest BCUT2D eigenvalue weighted by Gasteiger charge is 2.09. The van der Waals surface area contributed by atoms with E-state index in [9.17, 15) is 4.39 Å². The van der Waals surface area contributed by atoms with E-state index in [0.717, 1.165) is 17.0 Å². The summed E-state index contributed by atoms with van der Waals surface area (Å²) in [6, 6.07) is 4.44. The topological polar surface area (TPSA) is 55.9 Å². The Hall–Kier alpha value is -2.04. The summed E-state index contributed by atoms with van der Waals surface area (Å²) in [4.78, 5) is 0. The maximum Gasteiger partial charge on any atom is 0.127 e. The monoisotopic (exact) mass is 248 g/mol. The Balaban J connectivity index is 2.16. The Kier molecular flexibility index (Phi) is 3.23. The van der Waals surface area contributed by atoms with Crippen LogP contribution in [-0.2, 0) is 13.6 Å². The number of benzene rings is 1. The molecule has 0 bridgehead atoms. The summed E-state index contributed by atoms with van der Waals surface area (Å²) in [5.74, 6) is -0.336. The molecule has 2 rings (SSSR count). The highest BCUT2D eigenvalue weighted by Crippen LogP contribution is 2.18. The summed E-state index contributed by atoms with van der Waals surface area (Å²) >= 11 is 0. The van der Waals surface area contributed by atoms with Gasteiger partial charge in [0.15, 0.2) is 0 Å². The fraction of sp³-hybridized carbons (Fsp3) is 0.308. The van der Waals surface area contributed by atoms with E-state index < -0.39 is 0 Å². The van der Waals surface area contributed by atoms with Gasteiger partial charge in [-0.05, 0) is 32.0 Å². The van der Waals surface area contributed by atoms with Crippen LogP contribution in [0.5, 0.6) is 0 Å². The standard InChI is InChI=1S/C13H17FN4/c1-8-13(9(2)18(3)17-8)7-16-12-5-10(14)4-11(15)6-12/h4-6,16H,7,15H2,1-3H3. The van der Waals surface area contributed by atoms with E-state index in [2.05, 4.69) is 10.4 Å². The molecule has 0 atom stereocenters. The molecule has 0 aliphatic carbocycles. The lowest BCUT2D eigenvalue weighted by molar-refractivity contribution is 0.629. The van der Waals surface area contributed by atoms with Gasteiger partial charge in [0.25, 0.3) is 0 Å². The van der Waals surface area contributed by atoms with Gasteiger partial charge < -0.3 is 11.1 Å². The number of rotatable bonds is 3. The second-order valence-corrected chi connectivity index (χ2v) is 4.40. The third kappa shape index (κ3) is 2.45. The molecule has 1 heterocycles. The zero-order valence-corrected chi connectivity index (χ0v) is 10.8. The highest BCUT2D eigenvalue weighted by molar-refractivity contribution is 5.55. The van der Waals surface area contributed by atoms with Crippen molar-refractivity contribution in [1.82, 2.24) is 9.78 Å². The van der Waals surface area contributed by atoms with Crippen molar-refractivity contribution in [3.8, 4) is 0 Å². The first-order chi connectivity index (χ1) is 8.47. The average Bonchev–Trinajstić information content (AvgIpc) is 2.50. The molecule has 0 saturated carbocycles. The quantitative estimate of drug-likeness (QED) is 0.820. The molecule has 0 spiro atoms. The van der Waals surface area contributed by atoms with Crippen molar-refractivity contribution in [1.29, 1.82) is 0 Å². The van der Waals surface area contributed by atoms with Gasteiger partial charge in [-0.3, -0.25) is 4.68 Å². The summed E-state index contributed by atoms with van der Waals surface area (Å²) in [5, 5.41) is 7.50. The van der Waals surface area contributed by atoms with Gasteiger partial charge in [-0.2, -0.15) is 5.10 Å². The van der Waals surface area contributed by atoms with Crippen molar-refractivity contribution in [2.45, 2.75) is 20.4 Å². The molecule has 0 aliphatic rings. The van der Waals surface area contributed by atoms with Crippen LogP contribution in [0.2, 0.25) is 0 Å². The van der Waals surface area contributed by atoms with E-state index in [4.69, 9.17) is 5.73 Å². The Labute approximate surface area is 106 Å². The van der Waals surface area contributed by atoms with Crippen molar-refractivity contribution in [2.24, 2.45) is 7.05 Å². The summed E-state index contributed by atoms with van der Waals surface area (Å²) < 4.78 is 15.0. The molecular formula is C13H17FN4. The maximum absolute atomic E-state index is 13.2. The first-order valence-corrected chi connectivity index (χ1v) is 5.76. The van der Waals surface area contributed by atoms with Crippen molar-refractivity contribution in [2.75, 3.05) is 11.1 Å². The minimum Gasteiger partial charge on any atom is -0.399 e. The molecule has 0 fully saturated rings. The average molecular weight is 248 g/mol. The fourth-order valence-electron chi connectivity index (χ4n) is 1.98. The van der Waals surface area contributed by atoms with Crippen LogP contribution in [0, 0.1) is 19.7 Å². The largest absolute Gasteiger partial charge is 0.399 e. The summed E-state index contributed by atoms with van der Waals surface area (Å²) in [6.07, 6.45) is 0. The van der Waals surface area contributed by atoms with Gasteiger partial charge >= 0.3 is 0 Å². The lowest BCUT2D eigenvalue weighted by Gasteiger charge is -2.08. The lowest BCUT2D eigenvalue weighted by atomic mass is 10.2. The van der Waals surface area contributed by atoms with Crippen LogP contribution < -0.4 is 11.1 Å². The van der Waals surface area contributed by atoms with E-state index >= 15 is 0 Å². The van der Waals surface area contributed by atoms with Crippen LogP contribution in [-0.4, -0.2) is 9.78 Å². The maximum atomic E-state index is 13.2. The van der Waals surface area contributed by atoms with Crippen LogP contribution >= 0.6 is 0 Å². The van der Waals surface area contributed by atoms with Crippen molar-refractivity contribution in [3.63, 3.8) is 0 Å². The van der Waals surface area contributed by atoms with Gasteiger partial charge in [-0.25, -0.2) is 4.39 Å². The number of hydrogen-bond donors (Lipinski definition) is 2. The lowest BCUT2D eigenvalue weighted by Crippen LogP contribution is -2.03. The SMILES string of the molecule is Cc1nn(C)c(C)c1CNc1cc(N)cc(F)c1. The summed E-state index contributed by atoms with van der Waals surface area (Å²) in [5.41, 5.74) is 9.89. The van der Waals surface area contributed by atoms with E-state index in [1.54, 1.807) is 6.07 Å². The van der Waals surface area contributed by atoms with Gasteiger partial charge in [0.2, 0.25) is 0 Å². The second kappa shape index (κ2) is 4.68. The zero-order valence-electron chi connectivity index (χ0n) is 10.8. The number of nitrogens with one attached hydrogen (secondary N) is 1. The zero-order chi connectivity index (χ0) is 13.3. The minimum absolute atomic E-state index is 0.336. The van der Waals surface area contributed by atoms with Crippen LogP contribution in [0.4, 0.5) is 15.8 Å². The number of anilines is 2. The van der Waals surface area contributed by atoms with E-state index in [1.807, 2.05) is 25.6 Å². The molecule has 0 aliphatic heterocycles. The molecule has 1 aromatic carbocycles. The van der Waals surface area contributed by atoms with Crippen molar-refractivity contribution < 1.29 is 4.39 Å². The van der Waals surface area contributed by atoms with E-state index in [0.29, 0.717) is 17.9 Å². The van der Waals surface area contributed by atoms with Gasteiger partial charge in [0.05, 0.1) is 5.69 Å². The van der Waals surface area contributed by atoms with E-state index in [-0.39, 0.29) is 5.82 Å². The summed E-state index contributed by atoms with van der Waals surface area (Å²) in [6.45, 7) is 4.58. The fourth-order valence-corrected chi connectivity index (χ4v) is 1.98. The van der Waals surface area contributed by atoms with Crippen molar-refractivity contribution >= 4 is 11.4 Å². The van der Waals surface area contributed by atoms with Crippen LogP contribution in [0.25, 0.3) is 0 Å². The molecule has 4 nitrogen and oxygen atoms in total. The Morgan fingerprint density at radius 3 is 2.61 bits per heavy atom. The van der Waals surface area contributed by atoms with Crippen LogP contribution in [0.1, 0.15) is 17.0 Å². The highest BCUT2D eigenvalue weighted by atomic mass is 19.1. The molecule has 0 amide bonds. The molecular weight excluding hydrogens is 231 g/mol. The molecule has 0 unspecified atom stereocenters. The van der Waals surface area contributed by atoms with Crippen LogP contribution in [0.15, 0.2) is 18.2 Å². The smallest absolute Gasteiger partial charge is 0.127 e. The molecule has 1 aromatic heterocycles. The van der Waals surface area contributed by atoms with Crippen molar-refractivity contribution in [3.05, 3.63) is 41.0 Å². The Morgan fingerprint density at radius 2 is 2.06 bits per heavy atom. The summed E-state index contributed by atoms with van der Waals surface area (Å²) in [7, 11) is 1.91. The second-order valence-electron chi connectivity index (χ2n) is 4.40. The third-order valence-electron chi connectivity index (χ3n) is 3.05.